The van der Waals surface area contributed by atoms with Crippen molar-refractivity contribution in [3.8, 4) is 0 Å². The van der Waals surface area contributed by atoms with Crippen LogP contribution in [-0.4, -0.2) is 31.0 Å². The molecule has 0 amide bonds. The van der Waals surface area contributed by atoms with Gasteiger partial charge in [-0.05, 0) is 26.0 Å². The highest BCUT2D eigenvalue weighted by molar-refractivity contribution is 7.16. The van der Waals surface area contributed by atoms with Crippen molar-refractivity contribution >= 4 is 22.9 Å². The van der Waals surface area contributed by atoms with Gasteiger partial charge in [0, 0.05) is 37.6 Å². The van der Waals surface area contributed by atoms with Gasteiger partial charge in [0.05, 0.1) is 9.94 Å². The largest absolute Gasteiger partial charge is 0.389 e. The number of nitrogens with one attached hydrogen (secondary N) is 1. The number of hydrogen-bond acceptors (Lipinski definition) is 4. The van der Waals surface area contributed by atoms with Gasteiger partial charge in [-0.25, -0.2) is 0 Å². The summed E-state index contributed by atoms with van der Waals surface area (Å²) in [6.07, 6.45) is 0.619. The van der Waals surface area contributed by atoms with Crippen molar-refractivity contribution in [3.63, 3.8) is 0 Å². The van der Waals surface area contributed by atoms with Gasteiger partial charge in [0.15, 0.2) is 0 Å². The number of aliphatic hydroxyl groups is 1. The number of rotatable bonds is 7. The lowest BCUT2D eigenvalue weighted by Gasteiger charge is -2.25. The fourth-order valence-electron chi connectivity index (χ4n) is 1.44. The smallest absolute Gasteiger partial charge is 0.0931 e. The van der Waals surface area contributed by atoms with Crippen molar-refractivity contribution in [2.45, 2.75) is 31.9 Å². The van der Waals surface area contributed by atoms with Crippen LogP contribution in [0.4, 0.5) is 0 Å². The van der Waals surface area contributed by atoms with E-state index in [-0.39, 0.29) is 6.04 Å². The molecule has 0 aromatic carbocycles. The lowest BCUT2D eigenvalue weighted by atomic mass is 10.0. The second-order valence-corrected chi connectivity index (χ2v) is 6.23. The van der Waals surface area contributed by atoms with E-state index in [1.165, 1.54) is 4.88 Å². The van der Waals surface area contributed by atoms with E-state index in [2.05, 4.69) is 12.2 Å². The average Bonchev–Trinajstić information content (AvgIpc) is 2.70. The maximum atomic E-state index is 10.1. The van der Waals surface area contributed by atoms with E-state index >= 15 is 0 Å². The zero-order valence-corrected chi connectivity index (χ0v) is 12.1. The minimum atomic E-state index is -0.745. The van der Waals surface area contributed by atoms with Crippen LogP contribution in [0.2, 0.25) is 4.34 Å². The van der Waals surface area contributed by atoms with Gasteiger partial charge in [-0.3, -0.25) is 0 Å². The highest BCUT2D eigenvalue weighted by Gasteiger charge is 2.21. The van der Waals surface area contributed by atoms with Crippen LogP contribution < -0.4 is 5.32 Å². The third-order valence-electron chi connectivity index (χ3n) is 2.65. The zero-order valence-electron chi connectivity index (χ0n) is 10.5. The van der Waals surface area contributed by atoms with Crippen LogP contribution in [-0.2, 0) is 4.74 Å². The van der Waals surface area contributed by atoms with Crippen molar-refractivity contribution < 1.29 is 9.84 Å². The topological polar surface area (TPSA) is 41.5 Å². The molecule has 2 atom stereocenters. The van der Waals surface area contributed by atoms with Crippen LogP contribution >= 0.6 is 22.9 Å². The van der Waals surface area contributed by atoms with Gasteiger partial charge in [0.25, 0.3) is 0 Å². The van der Waals surface area contributed by atoms with Crippen LogP contribution in [0, 0.1) is 0 Å². The van der Waals surface area contributed by atoms with E-state index in [0.717, 1.165) is 4.34 Å². The first kappa shape index (κ1) is 14.9. The molecular weight excluding hydrogens is 258 g/mol. The zero-order chi connectivity index (χ0) is 12.9. The van der Waals surface area contributed by atoms with Gasteiger partial charge >= 0.3 is 0 Å². The number of thiophene rings is 1. The molecule has 1 rings (SSSR count). The molecule has 0 saturated heterocycles. The Labute approximate surface area is 112 Å². The van der Waals surface area contributed by atoms with Crippen molar-refractivity contribution in [3.05, 3.63) is 21.3 Å². The third kappa shape index (κ3) is 5.36. The maximum Gasteiger partial charge on any atom is 0.0931 e. The summed E-state index contributed by atoms with van der Waals surface area (Å²) in [5.41, 5.74) is -0.745. The van der Waals surface area contributed by atoms with Crippen molar-refractivity contribution in [1.29, 1.82) is 0 Å². The second kappa shape index (κ2) is 6.71. The predicted molar refractivity (Wildman–Crippen MR) is 72.9 cm³/mol. The third-order valence-corrected chi connectivity index (χ3v) is 4.07. The molecule has 0 aliphatic heterocycles. The molecular formula is C12H20ClNO2S. The lowest BCUT2D eigenvalue weighted by Crippen LogP contribution is -2.39. The molecule has 0 aliphatic rings. The molecule has 0 aliphatic carbocycles. The summed E-state index contributed by atoms with van der Waals surface area (Å²) >= 11 is 7.45. The van der Waals surface area contributed by atoms with Crippen LogP contribution in [0.15, 0.2) is 12.1 Å². The summed E-state index contributed by atoms with van der Waals surface area (Å²) in [5.74, 6) is 0. The standard InChI is InChI=1S/C12H20ClNO2S/c1-9(10-4-5-11(13)17-10)14-8-12(2,15)6-7-16-3/h4-5,9,14-15H,6-8H2,1-3H3. The number of hydrogen-bond donors (Lipinski definition) is 2. The molecule has 1 aromatic heterocycles. The molecule has 2 N–H and O–H groups in total. The summed E-state index contributed by atoms with van der Waals surface area (Å²) < 4.78 is 5.76. The summed E-state index contributed by atoms with van der Waals surface area (Å²) in [5, 5.41) is 13.4. The van der Waals surface area contributed by atoms with E-state index in [0.29, 0.717) is 19.6 Å². The Hall–Kier alpha value is -0.130. The first-order chi connectivity index (χ1) is 7.94. The van der Waals surface area contributed by atoms with E-state index in [1.807, 2.05) is 19.1 Å². The minimum Gasteiger partial charge on any atom is -0.389 e. The van der Waals surface area contributed by atoms with Crippen LogP contribution in [0.25, 0.3) is 0 Å². The Balaban J connectivity index is 2.39. The molecule has 0 spiro atoms. The van der Waals surface area contributed by atoms with E-state index in [9.17, 15) is 5.11 Å². The molecule has 98 valence electrons. The Kier molecular flexibility index (Phi) is 5.89. The Bertz CT molecular complexity index is 341. The predicted octanol–water partition coefficient (Wildman–Crippen LogP) is 2.84. The van der Waals surface area contributed by atoms with Gasteiger partial charge < -0.3 is 15.2 Å². The summed E-state index contributed by atoms with van der Waals surface area (Å²) in [4.78, 5) is 1.18. The molecule has 1 aromatic rings. The molecule has 0 radical (unpaired) electrons. The first-order valence-electron chi connectivity index (χ1n) is 5.64. The molecule has 5 heteroatoms. The van der Waals surface area contributed by atoms with Gasteiger partial charge in [0.2, 0.25) is 0 Å². The molecule has 2 unspecified atom stereocenters. The van der Waals surface area contributed by atoms with Crippen molar-refractivity contribution in [2.75, 3.05) is 20.3 Å². The van der Waals surface area contributed by atoms with Gasteiger partial charge in [0.1, 0.15) is 0 Å². The SMILES string of the molecule is COCCC(C)(O)CNC(C)c1ccc(Cl)s1. The molecule has 3 nitrogen and oxygen atoms in total. The highest BCUT2D eigenvalue weighted by Crippen LogP contribution is 2.26. The number of methoxy groups -OCH3 is 1. The van der Waals surface area contributed by atoms with Gasteiger partial charge in [-0.2, -0.15) is 0 Å². The molecule has 1 heterocycles. The van der Waals surface area contributed by atoms with E-state index in [4.69, 9.17) is 16.3 Å². The van der Waals surface area contributed by atoms with Crippen LogP contribution in [0.3, 0.4) is 0 Å². The Morgan fingerprint density at radius 3 is 2.82 bits per heavy atom. The van der Waals surface area contributed by atoms with Crippen LogP contribution in [0.1, 0.15) is 31.2 Å². The van der Waals surface area contributed by atoms with E-state index in [1.54, 1.807) is 18.4 Å². The molecule has 0 fully saturated rings. The fraction of sp³-hybridized carbons (Fsp3) is 0.667. The van der Waals surface area contributed by atoms with Gasteiger partial charge in [-0.1, -0.05) is 11.6 Å². The van der Waals surface area contributed by atoms with Gasteiger partial charge in [-0.15, -0.1) is 11.3 Å². The van der Waals surface area contributed by atoms with Crippen molar-refractivity contribution in [2.24, 2.45) is 0 Å². The maximum absolute atomic E-state index is 10.1. The molecule has 0 saturated carbocycles. The number of ether oxygens (including phenoxy) is 1. The monoisotopic (exact) mass is 277 g/mol. The number of halogens is 1. The second-order valence-electron chi connectivity index (χ2n) is 4.48. The normalized spacial score (nSPS) is 16.8. The first-order valence-corrected chi connectivity index (χ1v) is 6.84. The fourth-order valence-corrected chi connectivity index (χ4v) is 2.53. The average molecular weight is 278 g/mol. The summed E-state index contributed by atoms with van der Waals surface area (Å²) in [6.45, 7) is 4.97. The van der Waals surface area contributed by atoms with E-state index < -0.39 is 5.60 Å². The highest BCUT2D eigenvalue weighted by atomic mass is 35.5. The lowest BCUT2D eigenvalue weighted by molar-refractivity contribution is 0.0232. The molecule has 0 bridgehead atoms. The summed E-state index contributed by atoms with van der Waals surface area (Å²) in [6, 6.07) is 4.10. The summed E-state index contributed by atoms with van der Waals surface area (Å²) in [7, 11) is 1.64. The minimum absolute atomic E-state index is 0.196. The van der Waals surface area contributed by atoms with Crippen LogP contribution in [0.5, 0.6) is 0 Å². The quantitative estimate of drug-likeness (QED) is 0.805. The van der Waals surface area contributed by atoms with Crippen molar-refractivity contribution in [1.82, 2.24) is 5.32 Å². The Morgan fingerprint density at radius 1 is 1.59 bits per heavy atom. The Morgan fingerprint density at radius 2 is 2.29 bits per heavy atom. The molecule has 17 heavy (non-hydrogen) atoms.